The number of sulfonamides is 1. The molecule has 1 N–H and O–H groups in total. The molecule has 0 bridgehead atoms. The number of rotatable bonds is 5. The molecule has 0 saturated carbocycles. The van der Waals surface area contributed by atoms with Crippen molar-refractivity contribution < 1.29 is 26.4 Å². The van der Waals surface area contributed by atoms with Crippen molar-refractivity contribution in [3.63, 3.8) is 0 Å². The fourth-order valence-corrected chi connectivity index (χ4v) is 4.29. The summed E-state index contributed by atoms with van der Waals surface area (Å²) >= 11 is 0. The summed E-state index contributed by atoms with van der Waals surface area (Å²) in [4.78, 5) is 11.3. The van der Waals surface area contributed by atoms with Gasteiger partial charge in [-0.2, -0.15) is 0 Å². The SMILES string of the molecule is COC(=O)c1cccc(NS(=O)(=O)CS(C)(=O)=O)c1. The van der Waals surface area contributed by atoms with Crippen molar-refractivity contribution in [1.82, 2.24) is 0 Å². The lowest BCUT2D eigenvalue weighted by Crippen LogP contribution is -2.22. The largest absolute Gasteiger partial charge is 0.465 e. The Morgan fingerprint density at radius 2 is 1.89 bits per heavy atom. The van der Waals surface area contributed by atoms with Crippen LogP contribution < -0.4 is 4.72 Å². The molecule has 0 amide bonds. The van der Waals surface area contributed by atoms with E-state index in [2.05, 4.69) is 9.46 Å². The molecule has 1 aromatic rings. The topological polar surface area (TPSA) is 107 Å². The Kier molecular flexibility index (Phi) is 4.53. The molecule has 0 saturated heterocycles. The van der Waals surface area contributed by atoms with Gasteiger partial charge in [0, 0.05) is 11.9 Å². The maximum absolute atomic E-state index is 11.6. The molecule has 0 atom stereocenters. The van der Waals surface area contributed by atoms with Gasteiger partial charge in [-0.05, 0) is 18.2 Å². The van der Waals surface area contributed by atoms with Crippen molar-refractivity contribution in [3.05, 3.63) is 29.8 Å². The number of sulfone groups is 1. The van der Waals surface area contributed by atoms with Crippen LogP contribution >= 0.6 is 0 Å². The van der Waals surface area contributed by atoms with E-state index in [0.717, 1.165) is 6.26 Å². The highest BCUT2D eigenvalue weighted by molar-refractivity contribution is 8.08. The van der Waals surface area contributed by atoms with Crippen molar-refractivity contribution in [3.8, 4) is 0 Å². The zero-order chi connectivity index (χ0) is 14.7. The molecule has 0 radical (unpaired) electrons. The summed E-state index contributed by atoms with van der Waals surface area (Å²) in [5, 5.41) is -1.03. The lowest BCUT2D eigenvalue weighted by atomic mass is 10.2. The van der Waals surface area contributed by atoms with E-state index in [1.807, 2.05) is 0 Å². The van der Waals surface area contributed by atoms with Crippen LogP contribution in [0.3, 0.4) is 0 Å². The lowest BCUT2D eigenvalue weighted by Gasteiger charge is -2.08. The van der Waals surface area contributed by atoms with Gasteiger partial charge in [-0.1, -0.05) is 6.07 Å². The summed E-state index contributed by atoms with van der Waals surface area (Å²) in [5.74, 6) is -0.621. The third-order valence-corrected chi connectivity index (χ3v) is 5.43. The van der Waals surface area contributed by atoms with Gasteiger partial charge in [0.2, 0.25) is 10.0 Å². The van der Waals surface area contributed by atoms with Crippen LogP contribution in [0.15, 0.2) is 24.3 Å². The normalized spacial score (nSPS) is 11.9. The number of nitrogens with one attached hydrogen (secondary N) is 1. The van der Waals surface area contributed by atoms with Crippen LogP contribution in [0.5, 0.6) is 0 Å². The van der Waals surface area contributed by atoms with Crippen molar-refractivity contribution in [2.45, 2.75) is 0 Å². The van der Waals surface area contributed by atoms with Gasteiger partial charge in [0.1, 0.15) is 0 Å². The number of methoxy groups -OCH3 is 1. The molecule has 0 unspecified atom stereocenters. The van der Waals surface area contributed by atoms with Crippen LogP contribution in [0.2, 0.25) is 0 Å². The molecule has 1 rings (SSSR count). The van der Waals surface area contributed by atoms with Gasteiger partial charge in [-0.3, -0.25) is 4.72 Å². The second-order valence-corrected chi connectivity index (χ2v) is 8.06. The minimum Gasteiger partial charge on any atom is -0.465 e. The fraction of sp³-hybridized carbons (Fsp3) is 0.300. The van der Waals surface area contributed by atoms with Crippen molar-refractivity contribution in [1.29, 1.82) is 0 Å². The zero-order valence-corrected chi connectivity index (χ0v) is 11.9. The molecule has 0 aliphatic carbocycles. The van der Waals surface area contributed by atoms with E-state index >= 15 is 0 Å². The minimum absolute atomic E-state index is 0.0894. The van der Waals surface area contributed by atoms with E-state index in [-0.39, 0.29) is 11.3 Å². The molecule has 0 aliphatic rings. The van der Waals surface area contributed by atoms with Crippen molar-refractivity contribution in [2.24, 2.45) is 0 Å². The van der Waals surface area contributed by atoms with Crippen molar-refractivity contribution >= 4 is 31.5 Å². The van der Waals surface area contributed by atoms with Gasteiger partial charge < -0.3 is 4.74 Å². The number of benzene rings is 1. The van der Waals surface area contributed by atoms with Crippen LogP contribution in [-0.2, 0) is 24.6 Å². The molecule has 9 heteroatoms. The van der Waals surface area contributed by atoms with Crippen LogP contribution in [0.1, 0.15) is 10.4 Å². The first-order valence-corrected chi connectivity index (χ1v) is 8.71. The Morgan fingerprint density at radius 1 is 1.26 bits per heavy atom. The molecule has 106 valence electrons. The Bertz CT molecular complexity index is 678. The van der Waals surface area contributed by atoms with Crippen LogP contribution in [0.4, 0.5) is 5.69 Å². The van der Waals surface area contributed by atoms with Gasteiger partial charge >= 0.3 is 5.97 Å². The predicted octanol–water partition coefficient (Wildman–Crippen LogP) is 0.217. The van der Waals surface area contributed by atoms with Gasteiger partial charge in [0.15, 0.2) is 14.9 Å². The smallest absolute Gasteiger partial charge is 0.337 e. The molecule has 1 aromatic carbocycles. The van der Waals surface area contributed by atoms with Crippen molar-refractivity contribution in [2.75, 3.05) is 23.2 Å². The predicted molar refractivity (Wildman–Crippen MR) is 70.0 cm³/mol. The Balaban J connectivity index is 2.98. The zero-order valence-electron chi connectivity index (χ0n) is 10.3. The van der Waals surface area contributed by atoms with Gasteiger partial charge in [-0.15, -0.1) is 0 Å². The quantitative estimate of drug-likeness (QED) is 0.780. The molecule has 19 heavy (non-hydrogen) atoms. The van der Waals surface area contributed by atoms with Crippen LogP contribution in [0, 0.1) is 0 Å². The number of esters is 1. The van der Waals surface area contributed by atoms with Crippen LogP contribution in [-0.4, -0.2) is 41.3 Å². The summed E-state index contributed by atoms with van der Waals surface area (Å²) in [6.07, 6.45) is 0.817. The Labute approximate surface area is 111 Å². The second kappa shape index (κ2) is 5.57. The molecule has 0 spiro atoms. The highest BCUT2D eigenvalue weighted by Crippen LogP contribution is 2.13. The molecule has 7 nitrogen and oxygen atoms in total. The average Bonchev–Trinajstić information content (AvgIpc) is 2.24. The first-order valence-electron chi connectivity index (χ1n) is 4.99. The number of ether oxygens (including phenoxy) is 1. The third-order valence-electron chi connectivity index (χ3n) is 1.93. The van der Waals surface area contributed by atoms with E-state index in [1.54, 1.807) is 0 Å². The molecule has 0 aromatic heterocycles. The number of carbonyl (C=O) groups excluding carboxylic acids is 1. The second-order valence-electron chi connectivity index (χ2n) is 3.83. The summed E-state index contributed by atoms with van der Waals surface area (Å²) < 4.78 is 51.6. The van der Waals surface area contributed by atoms with E-state index in [0.29, 0.717) is 0 Å². The Hall–Kier alpha value is -1.61. The lowest BCUT2D eigenvalue weighted by molar-refractivity contribution is 0.0600. The van der Waals surface area contributed by atoms with Gasteiger partial charge in [-0.25, -0.2) is 21.6 Å². The first-order chi connectivity index (χ1) is 8.63. The molecular formula is C10H13NO6S2. The highest BCUT2D eigenvalue weighted by Gasteiger charge is 2.18. The number of anilines is 1. The van der Waals surface area contributed by atoms with Gasteiger partial charge in [0.25, 0.3) is 0 Å². The standard InChI is InChI=1S/C10H13NO6S2/c1-17-10(12)8-4-3-5-9(6-8)11-19(15,16)7-18(2,13)14/h3-6,11H,7H2,1-2H3. The minimum atomic E-state index is -4.03. The summed E-state index contributed by atoms with van der Waals surface area (Å²) in [6.45, 7) is 0. The van der Waals surface area contributed by atoms with E-state index in [1.165, 1.54) is 31.4 Å². The average molecular weight is 307 g/mol. The number of hydrogen-bond donors (Lipinski definition) is 1. The third kappa shape index (κ3) is 5.26. The molecule has 0 fully saturated rings. The fourth-order valence-electron chi connectivity index (χ4n) is 1.32. The van der Waals surface area contributed by atoms with E-state index in [9.17, 15) is 21.6 Å². The van der Waals surface area contributed by atoms with Crippen LogP contribution in [0.25, 0.3) is 0 Å². The maximum atomic E-state index is 11.6. The summed E-state index contributed by atoms with van der Waals surface area (Å²) in [6, 6.07) is 5.54. The maximum Gasteiger partial charge on any atom is 0.337 e. The summed E-state index contributed by atoms with van der Waals surface area (Å²) in [7, 11) is -6.51. The summed E-state index contributed by atoms with van der Waals surface area (Å²) in [5.41, 5.74) is 0.244. The first kappa shape index (κ1) is 15.4. The number of carbonyl (C=O) groups is 1. The Morgan fingerprint density at radius 3 is 2.42 bits per heavy atom. The molecule has 0 heterocycles. The molecular weight excluding hydrogens is 294 g/mol. The van der Waals surface area contributed by atoms with Gasteiger partial charge in [0.05, 0.1) is 12.7 Å². The molecule has 0 aliphatic heterocycles. The number of hydrogen-bond acceptors (Lipinski definition) is 6. The monoisotopic (exact) mass is 307 g/mol. The highest BCUT2D eigenvalue weighted by atomic mass is 32.3. The van der Waals surface area contributed by atoms with E-state index in [4.69, 9.17) is 0 Å². The van der Waals surface area contributed by atoms with E-state index < -0.39 is 30.9 Å².